The SMILES string of the molecule is CN1CCC(N(C)CC(=O)N(C)Cc2nccn2Cc2ccccc2)CC1. The standard InChI is InChI=1S/C21H31N5O/c1-23-12-9-19(10-13-23)24(2)17-21(27)25(3)16-20-22-11-14-26(20)15-18-7-5-4-6-8-18/h4-8,11,14,19H,9-10,12-13,15-17H2,1-3H3. The number of hydrogen-bond acceptors (Lipinski definition) is 4. The summed E-state index contributed by atoms with van der Waals surface area (Å²) in [5.74, 6) is 1.06. The number of likely N-dealkylation sites (tertiary alicyclic amines) is 1. The third-order valence-electron chi connectivity index (χ3n) is 5.50. The molecule has 6 nitrogen and oxygen atoms in total. The van der Waals surface area contributed by atoms with Crippen LogP contribution in [-0.2, 0) is 17.9 Å². The zero-order valence-electron chi connectivity index (χ0n) is 16.7. The average Bonchev–Trinajstić information content (AvgIpc) is 3.09. The number of imidazole rings is 1. The highest BCUT2D eigenvalue weighted by atomic mass is 16.2. The van der Waals surface area contributed by atoms with E-state index in [4.69, 9.17) is 0 Å². The van der Waals surface area contributed by atoms with Crippen LogP contribution in [0.2, 0.25) is 0 Å². The molecule has 0 N–H and O–H groups in total. The lowest BCUT2D eigenvalue weighted by molar-refractivity contribution is -0.132. The van der Waals surface area contributed by atoms with E-state index >= 15 is 0 Å². The van der Waals surface area contributed by atoms with Gasteiger partial charge in [-0.3, -0.25) is 9.69 Å². The van der Waals surface area contributed by atoms with Gasteiger partial charge in [-0.25, -0.2) is 4.98 Å². The van der Waals surface area contributed by atoms with Gasteiger partial charge in [-0.1, -0.05) is 30.3 Å². The van der Waals surface area contributed by atoms with Crippen molar-refractivity contribution in [2.75, 3.05) is 40.8 Å². The first kappa shape index (κ1) is 19.6. The molecule has 0 saturated carbocycles. The number of piperidine rings is 1. The number of hydrogen-bond donors (Lipinski definition) is 0. The van der Waals surface area contributed by atoms with Gasteiger partial charge in [0.1, 0.15) is 5.82 Å². The molecule has 0 aliphatic carbocycles. The van der Waals surface area contributed by atoms with Crippen LogP contribution in [0, 0.1) is 0 Å². The molecule has 1 aliphatic rings. The minimum atomic E-state index is 0.144. The van der Waals surface area contributed by atoms with Crippen molar-refractivity contribution in [2.45, 2.75) is 32.0 Å². The normalized spacial score (nSPS) is 16.0. The summed E-state index contributed by atoms with van der Waals surface area (Å²) in [5, 5.41) is 0. The lowest BCUT2D eigenvalue weighted by atomic mass is 10.0. The predicted molar refractivity (Wildman–Crippen MR) is 107 cm³/mol. The third-order valence-corrected chi connectivity index (χ3v) is 5.50. The molecule has 0 bridgehead atoms. The Hall–Kier alpha value is -2.18. The fourth-order valence-corrected chi connectivity index (χ4v) is 3.61. The molecule has 6 heteroatoms. The topological polar surface area (TPSA) is 44.6 Å². The van der Waals surface area contributed by atoms with E-state index < -0.39 is 0 Å². The van der Waals surface area contributed by atoms with Gasteiger partial charge in [0.15, 0.2) is 0 Å². The summed E-state index contributed by atoms with van der Waals surface area (Å²) < 4.78 is 2.11. The number of aromatic nitrogens is 2. The van der Waals surface area contributed by atoms with Crippen molar-refractivity contribution >= 4 is 5.91 Å². The fraction of sp³-hybridized carbons (Fsp3) is 0.524. The Morgan fingerprint density at radius 1 is 1.19 bits per heavy atom. The van der Waals surface area contributed by atoms with E-state index in [9.17, 15) is 4.79 Å². The summed E-state index contributed by atoms with van der Waals surface area (Å²) in [5.41, 5.74) is 1.23. The summed E-state index contributed by atoms with van der Waals surface area (Å²) in [6, 6.07) is 10.8. The number of rotatable bonds is 7. The molecule has 2 heterocycles. The number of carbonyl (C=O) groups is 1. The molecule has 1 fully saturated rings. The maximum Gasteiger partial charge on any atom is 0.236 e. The van der Waals surface area contributed by atoms with E-state index in [2.05, 4.69) is 45.6 Å². The van der Waals surface area contributed by atoms with Gasteiger partial charge in [0.25, 0.3) is 0 Å². The number of benzene rings is 1. The van der Waals surface area contributed by atoms with Crippen LogP contribution in [0.15, 0.2) is 42.7 Å². The molecule has 2 aromatic rings. The van der Waals surface area contributed by atoms with Crippen LogP contribution in [-0.4, -0.2) is 77.0 Å². The van der Waals surface area contributed by atoms with Crippen molar-refractivity contribution in [3.8, 4) is 0 Å². The maximum absolute atomic E-state index is 12.7. The molecule has 146 valence electrons. The lowest BCUT2D eigenvalue weighted by Gasteiger charge is -2.35. The summed E-state index contributed by atoms with van der Waals surface area (Å²) in [4.78, 5) is 23.5. The summed E-state index contributed by atoms with van der Waals surface area (Å²) in [7, 11) is 6.09. The largest absolute Gasteiger partial charge is 0.337 e. The zero-order chi connectivity index (χ0) is 19.2. The molecule has 0 radical (unpaired) electrons. The van der Waals surface area contributed by atoms with Crippen molar-refractivity contribution in [3.05, 3.63) is 54.1 Å². The molecule has 1 aliphatic heterocycles. The van der Waals surface area contributed by atoms with Crippen molar-refractivity contribution < 1.29 is 4.79 Å². The van der Waals surface area contributed by atoms with Crippen LogP contribution in [0.25, 0.3) is 0 Å². The minimum Gasteiger partial charge on any atom is -0.337 e. The fourth-order valence-electron chi connectivity index (χ4n) is 3.61. The highest BCUT2D eigenvalue weighted by molar-refractivity contribution is 5.77. The Bertz CT molecular complexity index is 721. The molecule has 0 atom stereocenters. The van der Waals surface area contributed by atoms with E-state index in [1.165, 1.54) is 5.56 Å². The van der Waals surface area contributed by atoms with Gasteiger partial charge >= 0.3 is 0 Å². The second-order valence-corrected chi connectivity index (χ2v) is 7.66. The Labute approximate surface area is 162 Å². The van der Waals surface area contributed by atoms with Gasteiger partial charge in [-0.2, -0.15) is 0 Å². The van der Waals surface area contributed by atoms with Gasteiger partial charge in [0, 0.05) is 32.0 Å². The van der Waals surface area contributed by atoms with Gasteiger partial charge in [-0.05, 0) is 45.6 Å². The molecule has 27 heavy (non-hydrogen) atoms. The Kier molecular flexibility index (Phi) is 6.63. The van der Waals surface area contributed by atoms with E-state index in [0.717, 1.165) is 38.3 Å². The van der Waals surface area contributed by atoms with Crippen molar-refractivity contribution in [3.63, 3.8) is 0 Å². The van der Waals surface area contributed by atoms with Gasteiger partial charge in [0.05, 0.1) is 13.1 Å². The van der Waals surface area contributed by atoms with Gasteiger partial charge in [0.2, 0.25) is 5.91 Å². The Morgan fingerprint density at radius 3 is 2.59 bits per heavy atom. The first-order valence-corrected chi connectivity index (χ1v) is 9.69. The smallest absolute Gasteiger partial charge is 0.236 e. The Morgan fingerprint density at radius 2 is 1.89 bits per heavy atom. The molecule has 0 unspecified atom stereocenters. The van der Waals surface area contributed by atoms with Crippen molar-refractivity contribution in [1.29, 1.82) is 0 Å². The molecule has 1 saturated heterocycles. The monoisotopic (exact) mass is 369 g/mol. The van der Waals surface area contributed by atoms with Gasteiger partial charge in [-0.15, -0.1) is 0 Å². The van der Waals surface area contributed by atoms with Crippen LogP contribution in [0.3, 0.4) is 0 Å². The summed E-state index contributed by atoms with van der Waals surface area (Å²) in [6.07, 6.45) is 6.05. The molecule has 0 spiro atoms. The molecular weight excluding hydrogens is 338 g/mol. The van der Waals surface area contributed by atoms with Crippen LogP contribution in [0.1, 0.15) is 24.2 Å². The first-order valence-electron chi connectivity index (χ1n) is 9.69. The molecule has 3 rings (SSSR count). The number of amides is 1. The number of likely N-dealkylation sites (N-methyl/N-ethyl adjacent to an activating group) is 2. The van der Waals surface area contributed by atoms with E-state index in [1.54, 1.807) is 11.1 Å². The lowest BCUT2D eigenvalue weighted by Crippen LogP contribution is -2.46. The second-order valence-electron chi connectivity index (χ2n) is 7.66. The van der Waals surface area contributed by atoms with Gasteiger partial charge < -0.3 is 14.4 Å². The molecule has 1 amide bonds. The van der Waals surface area contributed by atoms with E-state index in [0.29, 0.717) is 19.1 Å². The predicted octanol–water partition coefficient (Wildman–Crippen LogP) is 1.92. The average molecular weight is 370 g/mol. The summed E-state index contributed by atoms with van der Waals surface area (Å²) >= 11 is 0. The highest BCUT2D eigenvalue weighted by Gasteiger charge is 2.23. The zero-order valence-corrected chi connectivity index (χ0v) is 16.7. The van der Waals surface area contributed by atoms with Crippen LogP contribution >= 0.6 is 0 Å². The van der Waals surface area contributed by atoms with Crippen LogP contribution in [0.4, 0.5) is 0 Å². The second kappa shape index (κ2) is 9.15. The molecular formula is C21H31N5O. The van der Waals surface area contributed by atoms with Crippen molar-refractivity contribution in [1.82, 2.24) is 24.3 Å². The quantitative estimate of drug-likeness (QED) is 0.748. The molecule has 1 aromatic heterocycles. The van der Waals surface area contributed by atoms with Crippen molar-refractivity contribution in [2.24, 2.45) is 0 Å². The van der Waals surface area contributed by atoms with Crippen LogP contribution in [0.5, 0.6) is 0 Å². The first-order chi connectivity index (χ1) is 13.0. The number of nitrogens with zero attached hydrogens (tertiary/aromatic N) is 5. The highest BCUT2D eigenvalue weighted by Crippen LogP contribution is 2.14. The van der Waals surface area contributed by atoms with E-state index in [1.807, 2.05) is 31.4 Å². The Balaban J connectivity index is 1.53. The number of carbonyl (C=O) groups excluding carboxylic acids is 1. The van der Waals surface area contributed by atoms with Crippen LogP contribution < -0.4 is 0 Å². The van der Waals surface area contributed by atoms with E-state index in [-0.39, 0.29) is 5.91 Å². The minimum absolute atomic E-state index is 0.144. The molecule has 1 aromatic carbocycles. The summed E-state index contributed by atoms with van der Waals surface area (Å²) in [6.45, 7) is 3.98. The maximum atomic E-state index is 12.7. The third kappa shape index (κ3) is 5.40.